The zero-order chi connectivity index (χ0) is 18.7. The topological polar surface area (TPSA) is 0 Å². The molecule has 4 saturated carbocycles. The third-order valence-corrected chi connectivity index (χ3v) is 10.3. The van der Waals surface area contributed by atoms with Gasteiger partial charge in [-0.1, -0.05) is 53.2 Å². The van der Waals surface area contributed by atoms with Crippen molar-refractivity contribution in [3.05, 3.63) is 12.2 Å². The van der Waals surface area contributed by atoms with Crippen LogP contribution in [0.3, 0.4) is 0 Å². The van der Waals surface area contributed by atoms with E-state index in [-0.39, 0.29) is 0 Å². The van der Waals surface area contributed by atoms with Crippen molar-refractivity contribution < 1.29 is 0 Å². The Kier molecular flexibility index (Phi) is 5.11. The molecule has 0 amide bonds. The van der Waals surface area contributed by atoms with Crippen molar-refractivity contribution in [2.75, 3.05) is 0 Å². The molecule has 0 heteroatoms. The molecule has 4 fully saturated rings. The van der Waals surface area contributed by atoms with Gasteiger partial charge in [0.25, 0.3) is 0 Å². The molecule has 11 unspecified atom stereocenters. The highest BCUT2D eigenvalue weighted by Gasteiger charge is 2.58. The molecular formula is C26H44. The van der Waals surface area contributed by atoms with Crippen LogP contribution in [0.1, 0.15) is 80.1 Å². The predicted octanol–water partition coefficient (Wildman–Crippen LogP) is 7.45. The lowest BCUT2D eigenvalue weighted by Gasteiger charge is -2.60. The van der Waals surface area contributed by atoms with Crippen molar-refractivity contribution in [2.45, 2.75) is 80.1 Å². The summed E-state index contributed by atoms with van der Waals surface area (Å²) in [5.74, 6) is 11.8. The lowest BCUT2D eigenvalue weighted by atomic mass is 9.45. The average Bonchev–Trinajstić information content (AvgIpc) is 3.16. The van der Waals surface area contributed by atoms with E-state index in [0.29, 0.717) is 0 Å². The van der Waals surface area contributed by atoms with E-state index in [1.54, 1.807) is 12.8 Å². The van der Waals surface area contributed by atoms with Crippen LogP contribution in [0, 0.1) is 71.0 Å². The third kappa shape index (κ3) is 2.93. The van der Waals surface area contributed by atoms with E-state index >= 15 is 0 Å². The van der Waals surface area contributed by atoms with Crippen molar-refractivity contribution >= 4 is 0 Å². The van der Waals surface area contributed by atoms with Crippen molar-refractivity contribution in [3.8, 4) is 0 Å². The van der Waals surface area contributed by atoms with Crippen LogP contribution in [0.5, 0.6) is 0 Å². The standard InChI is InChI=1S/C26H44/c1-8-19-11-15(4)25(22(12-19)14(2)3)24(26-16(5)17(26)6)13-23-18(7)20-9-10-21(20)23/h15-26H,2,8-13H2,1,3-7H3. The van der Waals surface area contributed by atoms with Crippen LogP contribution in [-0.2, 0) is 0 Å². The second kappa shape index (κ2) is 6.97. The van der Waals surface area contributed by atoms with Crippen molar-refractivity contribution in [3.63, 3.8) is 0 Å². The molecule has 4 aliphatic rings. The quantitative estimate of drug-likeness (QED) is 0.433. The summed E-state index contributed by atoms with van der Waals surface area (Å²) in [4.78, 5) is 0. The Balaban J connectivity index is 1.56. The summed E-state index contributed by atoms with van der Waals surface area (Å²) in [7, 11) is 0. The monoisotopic (exact) mass is 356 g/mol. The molecule has 0 aromatic rings. The number of rotatable bonds is 6. The number of fused-ring (bicyclic) bond motifs is 1. The van der Waals surface area contributed by atoms with Gasteiger partial charge in [-0.25, -0.2) is 0 Å². The van der Waals surface area contributed by atoms with E-state index in [1.165, 1.54) is 31.3 Å². The molecule has 0 N–H and O–H groups in total. The highest BCUT2D eigenvalue weighted by molar-refractivity contribution is 5.10. The van der Waals surface area contributed by atoms with E-state index < -0.39 is 0 Å². The van der Waals surface area contributed by atoms with Gasteiger partial charge in [-0.3, -0.25) is 0 Å². The molecule has 0 aliphatic heterocycles. The molecular weight excluding hydrogens is 312 g/mol. The summed E-state index contributed by atoms with van der Waals surface area (Å²) < 4.78 is 0. The predicted molar refractivity (Wildman–Crippen MR) is 113 cm³/mol. The van der Waals surface area contributed by atoms with Gasteiger partial charge in [-0.05, 0) is 110 Å². The first-order valence-electron chi connectivity index (χ1n) is 12.0. The summed E-state index contributed by atoms with van der Waals surface area (Å²) in [6.45, 7) is 19.5. The van der Waals surface area contributed by atoms with Gasteiger partial charge in [0, 0.05) is 0 Å². The minimum Gasteiger partial charge on any atom is -0.0998 e. The molecule has 0 radical (unpaired) electrons. The summed E-state index contributed by atoms with van der Waals surface area (Å²) in [5.41, 5.74) is 1.49. The van der Waals surface area contributed by atoms with Crippen LogP contribution >= 0.6 is 0 Å². The molecule has 26 heavy (non-hydrogen) atoms. The first-order valence-corrected chi connectivity index (χ1v) is 12.0. The van der Waals surface area contributed by atoms with E-state index in [1.807, 2.05) is 0 Å². The van der Waals surface area contributed by atoms with Gasteiger partial charge in [0.2, 0.25) is 0 Å². The highest BCUT2D eigenvalue weighted by atomic mass is 14.6. The van der Waals surface area contributed by atoms with E-state index in [4.69, 9.17) is 0 Å². The first-order chi connectivity index (χ1) is 12.3. The van der Waals surface area contributed by atoms with Crippen LogP contribution in [0.25, 0.3) is 0 Å². The van der Waals surface area contributed by atoms with Crippen LogP contribution < -0.4 is 0 Å². The van der Waals surface area contributed by atoms with E-state index in [9.17, 15) is 0 Å². The fraction of sp³-hybridized carbons (Fsp3) is 0.923. The van der Waals surface area contributed by atoms with E-state index in [0.717, 1.165) is 71.0 Å². The molecule has 0 aromatic heterocycles. The van der Waals surface area contributed by atoms with Crippen LogP contribution in [0.15, 0.2) is 12.2 Å². The van der Waals surface area contributed by atoms with Gasteiger partial charge in [0.15, 0.2) is 0 Å². The molecule has 0 spiro atoms. The van der Waals surface area contributed by atoms with Gasteiger partial charge in [-0.2, -0.15) is 0 Å². The molecule has 0 heterocycles. The average molecular weight is 357 g/mol. The first kappa shape index (κ1) is 19.1. The Morgan fingerprint density at radius 1 is 0.923 bits per heavy atom. The fourth-order valence-electron chi connectivity index (χ4n) is 8.33. The molecule has 148 valence electrons. The lowest BCUT2D eigenvalue weighted by Crippen LogP contribution is -2.53. The van der Waals surface area contributed by atoms with Crippen LogP contribution in [0.4, 0.5) is 0 Å². The molecule has 4 rings (SSSR count). The minimum atomic E-state index is 0.793. The zero-order valence-corrected chi connectivity index (χ0v) is 18.4. The smallest absolute Gasteiger partial charge is 0.0172 e. The molecule has 0 bridgehead atoms. The normalized spacial score (nSPS) is 53.8. The van der Waals surface area contributed by atoms with Gasteiger partial charge in [0.05, 0.1) is 0 Å². The number of hydrogen-bond donors (Lipinski definition) is 0. The van der Waals surface area contributed by atoms with Gasteiger partial charge in [-0.15, -0.1) is 0 Å². The van der Waals surface area contributed by atoms with Crippen LogP contribution in [-0.4, -0.2) is 0 Å². The Labute approximate surface area is 163 Å². The summed E-state index contributed by atoms with van der Waals surface area (Å²) in [6.07, 6.45) is 8.91. The summed E-state index contributed by atoms with van der Waals surface area (Å²) in [5, 5.41) is 0. The Morgan fingerprint density at radius 2 is 1.58 bits per heavy atom. The molecule has 11 atom stereocenters. The maximum absolute atomic E-state index is 4.50. The molecule has 0 saturated heterocycles. The SMILES string of the molecule is C=C(C)C1CC(CC)CC(C)C1C(CC1C(C)C2CCC21)C1C(C)C1C. The maximum atomic E-state index is 4.50. The van der Waals surface area contributed by atoms with Gasteiger partial charge < -0.3 is 0 Å². The zero-order valence-electron chi connectivity index (χ0n) is 18.4. The Morgan fingerprint density at radius 3 is 2.04 bits per heavy atom. The van der Waals surface area contributed by atoms with Crippen molar-refractivity contribution in [2.24, 2.45) is 71.0 Å². The molecule has 0 nitrogen and oxygen atoms in total. The van der Waals surface area contributed by atoms with E-state index in [2.05, 4.69) is 48.1 Å². The summed E-state index contributed by atoms with van der Waals surface area (Å²) in [6, 6.07) is 0. The van der Waals surface area contributed by atoms with Crippen molar-refractivity contribution in [1.82, 2.24) is 0 Å². The molecule has 4 aliphatic carbocycles. The van der Waals surface area contributed by atoms with Crippen molar-refractivity contribution in [1.29, 1.82) is 0 Å². The second-order valence-electron chi connectivity index (χ2n) is 11.4. The maximum Gasteiger partial charge on any atom is -0.0172 e. The highest BCUT2D eigenvalue weighted by Crippen LogP contribution is 2.65. The fourth-order valence-corrected chi connectivity index (χ4v) is 8.33. The number of allylic oxidation sites excluding steroid dienone is 1. The third-order valence-electron chi connectivity index (χ3n) is 10.3. The van der Waals surface area contributed by atoms with Crippen LogP contribution in [0.2, 0.25) is 0 Å². The summed E-state index contributed by atoms with van der Waals surface area (Å²) >= 11 is 0. The largest absolute Gasteiger partial charge is 0.0998 e. The van der Waals surface area contributed by atoms with Gasteiger partial charge >= 0.3 is 0 Å². The number of hydrogen-bond acceptors (Lipinski definition) is 0. The Bertz CT molecular complexity index is 518. The lowest BCUT2D eigenvalue weighted by molar-refractivity contribution is -0.112. The molecule has 0 aromatic carbocycles. The van der Waals surface area contributed by atoms with Gasteiger partial charge in [0.1, 0.15) is 0 Å². The minimum absolute atomic E-state index is 0.793. The second-order valence-corrected chi connectivity index (χ2v) is 11.4. The Hall–Kier alpha value is -0.260.